The lowest BCUT2D eigenvalue weighted by molar-refractivity contribution is 0.527. The monoisotopic (exact) mass is 370 g/mol. The first-order valence-electron chi connectivity index (χ1n) is 6.88. The van der Waals surface area contributed by atoms with Gasteiger partial charge < -0.3 is 5.32 Å². The quantitative estimate of drug-likeness (QED) is 0.779. The highest BCUT2D eigenvalue weighted by Crippen LogP contribution is 2.28. The summed E-state index contributed by atoms with van der Waals surface area (Å²) < 4.78 is 14.0. The molecule has 0 fully saturated rings. The molecular weight excluding hydrogens is 355 g/mol. The summed E-state index contributed by atoms with van der Waals surface area (Å²) in [5.74, 6) is -0.245. The molecule has 2 aromatic rings. The van der Waals surface area contributed by atoms with E-state index in [0.29, 0.717) is 5.02 Å². The van der Waals surface area contributed by atoms with E-state index in [2.05, 4.69) is 33.2 Å². The van der Waals surface area contributed by atoms with Gasteiger partial charge in [0, 0.05) is 22.9 Å². The maximum atomic E-state index is 13.2. The molecule has 1 unspecified atom stereocenters. The molecule has 0 aliphatic rings. The number of nitrogens with zero attached hydrogens (tertiary/aromatic N) is 1. The van der Waals surface area contributed by atoms with E-state index in [0.717, 1.165) is 35.0 Å². The van der Waals surface area contributed by atoms with Crippen LogP contribution in [0, 0.1) is 5.82 Å². The third-order valence-corrected chi connectivity index (χ3v) is 4.31. The van der Waals surface area contributed by atoms with Gasteiger partial charge in [-0.3, -0.25) is 4.98 Å². The molecule has 2 rings (SSSR count). The SMILES string of the molecule is CCCNC(Cc1ccc(F)cc1Br)c1ccncc1Cl. The van der Waals surface area contributed by atoms with E-state index in [-0.39, 0.29) is 11.9 Å². The first-order chi connectivity index (χ1) is 10.1. The number of nitrogens with one attached hydrogen (secondary N) is 1. The van der Waals surface area contributed by atoms with E-state index in [4.69, 9.17) is 11.6 Å². The number of aromatic nitrogens is 1. The zero-order valence-corrected chi connectivity index (χ0v) is 14.1. The van der Waals surface area contributed by atoms with Gasteiger partial charge in [0.1, 0.15) is 5.82 Å². The summed E-state index contributed by atoms with van der Waals surface area (Å²) in [4.78, 5) is 4.03. The third-order valence-electron chi connectivity index (χ3n) is 3.26. The van der Waals surface area contributed by atoms with Gasteiger partial charge in [-0.25, -0.2) is 4.39 Å². The molecule has 1 aromatic heterocycles. The molecule has 0 saturated heterocycles. The van der Waals surface area contributed by atoms with Gasteiger partial charge in [0.25, 0.3) is 0 Å². The number of hydrogen-bond donors (Lipinski definition) is 1. The van der Waals surface area contributed by atoms with Gasteiger partial charge in [-0.2, -0.15) is 0 Å². The van der Waals surface area contributed by atoms with E-state index in [1.54, 1.807) is 18.5 Å². The Morgan fingerprint density at radius 3 is 2.86 bits per heavy atom. The second-order valence-corrected chi connectivity index (χ2v) is 6.11. The number of rotatable bonds is 6. The second-order valence-electron chi connectivity index (χ2n) is 4.84. The van der Waals surface area contributed by atoms with Crippen LogP contribution in [0.1, 0.15) is 30.5 Å². The van der Waals surface area contributed by atoms with Crippen LogP contribution in [0.15, 0.2) is 41.1 Å². The van der Waals surface area contributed by atoms with E-state index < -0.39 is 0 Å². The fourth-order valence-electron chi connectivity index (χ4n) is 2.19. The van der Waals surface area contributed by atoms with Crippen molar-refractivity contribution < 1.29 is 4.39 Å². The van der Waals surface area contributed by atoms with Crippen molar-refractivity contribution in [3.8, 4) is 0 Å². The van der Waals surface area contributed by atoms with Crippen LogP contribution in [-0.4, -0.2) is 11.5 Å². The lowest BCUT2D eigenvalue weighted by Gasteiger charge is -2.20. The predicted octanol–water partition coefficient (Wildman–Crippen LogP) is 4.92. The minimum atomic E-state index is -0.245. The third kappa shape index (κ3) is 4.50. The Balaban J connectivity index is 2.26. The summed E-state index contributed by atoms with van der Waals surface area (Å²) in [5.41, 5.74) is 2.05. The zero-order valence-electron chi connectivity index (χ0n) is 11.7. The topological polar surface area (TPSA) is 24.9 Å². The Hall–Kier alpha value is -0.970. The van der Waals surface area contributed by atoms with Crippen LogP contribution in [0.4, 0.5) is 4.39 Å². The Labute approximate surface area is 137 Å². The summed E-state index contributed by atoms with van der Waals surface area (Å²) in [6.45, 7) is 3.01. The van der Waals surface area contributed by atoms with Crippen molar-refractivity contribution >= 4 is 27.5 Å². The Bertz CT molecular complexity index is 607. The van der Waals surface area contributed by atoms with Gasteiger partial charge in [-0.15, -0.1) is 0 Å². The molecule has 0 bridgehead atoms. The number of hydrogen-bond acceptors (Lipinski definition) is 2. The van der Waals surface area contributed by atoms with Gasteiger partial charge in [0.15, 0.2) is 0 Å². The van der Waals surface area contributed by atoms with Gasteiger partial charge in [-0.1, -0.05) is 40.5 Å². The zero-order chi connectivity index (χ0) is 15.2. The molecule has 2 nitrogen and oxygen atoms in total. The van der Waals surface area contributed by atoms with Crippen LogP contribution in [0.25, 0.3) is 0 Å². The minimum absolute atomic E-state index is 0.0715. The molecule has 0 aliphatic carbocycles. The summed E-state index contributed by atoms with van der Waals surface area (Å²) in [6, 6.07) is 6.76. The van der Waals surface area contributed by atoms with Crippen molar-refractivity contribution in [1.82, 2.24) is 10.3 Å². The van der Waals surface area contributed by atoms with Crippen LogP contribution in [0.3, 0.4) is 0 Å². The van der Waals surface area contributed by atoms with Crippen LogP contribution < -0.4 is 5.32 Å². The first kappa shape index (κ1) is 16.4. The Kier molecular flexibility index (Phi) is 6.15. The first-order valence-corrected chi connectivity index (χ1v) is 8.05. The van der Waals surface area contributed by atoms with E-state index in [1.807, 2.05) is 6.07 Å². The molecule has 1 atom stereocenters. The highest BCUT2D eigenvalue weighted by molar-refractivity contribution is 9.10. The molecule has 1 aromatic carbocycles. The van der Waals surface area contributed by atoms with Gasteiger partial charge >= 0.3 is 0 Å². The fourth-order valence-corrected chi connectivity index (χ4v) is 2.95. The van der Waals surface area contributed by atoms with Crippen LogP contribution in [-0.2, 0) is 6.42 Å². The highest BCUT2D eigenvalue weighted by Gasteiger charge is 2.16. The Morgan fingerprint density at radius 2 is 2.19 bits per heavy atom. The van der Waals surface area contributed by atoms with Gasteiger partial charge in [0.05, 0.1) is 5.02 Å². The van der Waals surface area contributed by atoms with E-state index >= 15 is 0 Å². The van der Waals surface area contributed by atoms with Crippen LogP contribution in [0.2, 0.25) is 5.02 Å². The van der Waals surface area contributed by atoms with Crippen molar-refractivity contribution in [2.75, 3.05) is 6.54 Å². The molecule has 0 amide bonds. The second kappa shape index (κ2) is 7.87. The lowest BCUT2D eigenvalue weighted by atomic mass is 9.99. The largest absolute Gasteiger partial charge is 0.310 e. The lowest BCUT2D eigenvalue weighted by Crippen LogP contribution is -2.24. The average molecular weight is 372 g/mol. The molecule has 1 N–H and O–H groups in total. The standard InChI is InChI=1S/C16H17BrClFN2/c1-2-6-21-16(13-5-7-20-10-15(13)18)8-11-3-4-12(19)9-14(11)17/h3-5,7,9-10,16,21H,2,6,8H2,1H3. The van der Waals surface area contributed by atoms with E-state index in [1.165, 1.54) is 12.1 Å². The summed E-state index contributed by atoms with van der Waals surface area (Å²) in [7, 11) is 0. The fraction of sp³-hybridized carbons (Fsp3) is 0.312. The van der Waals surface area contributed by atoms with Gasteiger partial charge in [0.2, 0.25) is 0 Å². The molecule has 0 aliphatic heterocycles. The highest BCUT2D eigenvalue weighted by atomic mass is 79.9. The maximum Gasteiger partial charge on any atom is 0.124 e. The molecular formula is C16H17BrClFN2. The smallest absolute Gasteiger partial charge is 0.124 e. The minimum Gasteiger partial charge on any atom is -0.310 e. The molecule has 112 valence electrons. The normalized spacial score (nSPS) is 12.4. The number of pyridine rings is 1. The molecule has 0 radical (unpaired) electrons. The van der Waals surface area contributed by atoms with Crippen molar-refractivity contribution in [3.05, 3.63) is 63.1 Å². The Morgan fingerprint density at radius 1 is 1.38 bits per heavy atom. The van der Waals surface area contributed by atoms with Crippen molar-refractivity contribution in [3.63, 3.8) is 0 Å². The van der Waals surface area contributed by atoms with E-state index in [9.17, 15) is 4.39 Å². The van der Waals surface area contributed by atoms with Crippen molar-refractivity contribution in [2.24, 2.45) is 0 Å². The average Bonchev–Trinajstić information content (AvgIpc) is 2.46. The van der Waals surface area contributed by atoms with Crippen LogP contribution >= 0.6 is 27.5 Å². The summed E-state index contributed by atoms with van der Waals surface area (Å²) >= 11 is 9.68. The molecule has 0 spiro atoms. The summed E-state index contributed by atoms with van der Waals surface area (Å²) in [5, 5.41) is 4.13. The molecule has 1 heterocycles. The summed E-state index contributed by atoms with van der Waals surface area (Å²) in [6.07, 6.45) is 5.15. The van der Waals surface area contributed by atoms with Crippen molar-refractivity contribution in [1.29, 1.82) is 0 Å². The predicted molar refractivity (Wildman–Crippen MR) is 88.1 cm³/mol. The molecule has 21 heavy (non-hydrogen) atoms. The number of benzene rings is 1. The molecule has 5 heteroatoms. The van der Waals surface area contributed by atoms with Gasteiger partial charge in [-0.05, 0) is 48.7 Å². The number of halogens is 3. The maximum absolute atomic E-state index is 13.2. The van der Waals surface area contributed by atoms with Crippen molar-refractivity contribution in [2.45, 2.75) is 25.8 Å². The molecule has 0 saturated carbocycles. The van der Waals surface area contributed by atoms with Crippen LogP contribution in [0.5, 0.6) is 0 Å².